The summed E-state index contributed by atoms with van der Waals surface area (Å²) in [4.78, 5) is 32.5. The predicted molar refractivity (Wildman–Crippen MR) is 140 cm³/mol. The van der Waals surface area contributed by atoms with Gasteiger partial charge in [0.05, 0.1) is 29.5 Å². The van der Waals surface area contributed by atoms with Crippen LogP contribution in [0.1, 0.15) is 43.9 Å². The lowest BCUT2D eigenvalue weighted by Gasteiger charge is -2.27. The highest BCUT2D eigenvalue weighted by molar-refractivity contribution is 7.07. The largest absolute Gasteiger partial charge is 0.496 e. The van der Waals surface area contributed by atoms with Crippen LogP contribution in [0.15, 0.2) is 57.5 Å². The molecule has 0 unspecified atom stereocenters. The van der Waals surface area contributed by atoms with E-state index in [9.17, 15) is 9.59 Å². The number of thiazole rings is 1. The third-order valence-corrected chi connectivity index (χ3v) is 7.29. The van der Waals surface area contributed by atoms with Crippen LogP contribution < -0.4 is 29.1 Å². The molecular formula is C27H25ClN2O6S. The zero-order valence-electron chi connectivity index (χ0n) is 20.6. The van der Waals surface area contributed by atoms with Gasteiger partial charge in [0.15, 0.2) is 16.3 Å². The van der Waals surface area contributed by atoms with Gasteiger partial charge in [0.1, 0.15) is 11.8 Å². The van der Waals surface area contributed by atoms with Crippen molar-refractivity contribution in [2.45, 2.75) is 32.7 Å². The van der Waals surface area contributed by atoms with Crippen LogP contribution in [0.4, 0.5) is 0 Å². The van der Waals surface area contributed by atoms with E-state index in [1.54, 1.807) is 31.2 Å². The van der Waals surface area contributed by atoms with Gasteiger partial charge in [-0.1, -0.05) is 42.3 Å². The van der Waals surface area contributed by atoms with Gasteiger partial charge in [-0.15, -0.1) is 0 Å². The second kappa shape index (κ2) is 10.4. The molecule has 0 N–H and O–H groups in total. The highest BCUT2D eigenvalue weighted by Crippen LogP contribution is 2.38. The first-order valence-corrected chi connectivity index (χ1v) is 13.1. The number of aromatic nitrogens is 1. The molecule has 0 aliphatic carbocycles. The Morgan fingerprint density at radius 2 is 2.03 bits per heavy atom. The second-order valence-corrected chi connectivity index (χ2v) is 9.86. The Bertz CT molecular complexity index is 1590. The Labute approximate surface area is 222 Å². The monoisotopic (exact) mass is 540 g/mol. The molecule has 37 heavy (non-hydrogen) atoms. The van der Waals surface area contributed by atoms with E-state index < -0.39 is 12.0 Å². The molecule has 2 aromatic carbocycles. The van der Waals surface area contributed by atoms with Crippen molar-refractivity contribution in [2.75, 3.05) is 20.5 Å². The zero-order chi connectivity index (χ0) is 26.1. The normalized spacial score (nSPS) is 16.4. The fourth-order valence-corrected chi connectivity index (χ4v) is 5.69. The maximum atomic E-state index is 13.9. The molecule has 2 aliphatic rings. The minimum absolute atomic E-state index is 0.166. The molecule has 3 aromatic rings. The summed E-state index contributed by atoms with van der Waals surface area (Å²) >= 11 is 7.64. The van der Waals surface area contributed by atoms with Crippen molar-refractivity contribution in [2.24, 2.45) is 4.99 Å². The SMILES string of the molecule is CCCC1=C(C(=O)OCC)[C@@H](c2cc(Cl)ccc2OC)n2c(s/c(=C/c3ccc4c(c3)OCO4)c2=O)=N1. The number of allylic oxidation sites excluding steroid dienone is 1. The van der Waals surface area contributed by atoms with Crippen LogP contribution in [-0.2, 0) is 9.53 Å². The smallest absolute Gasteiger partial charge is 0.338 e. The third kappa shape index (κ3) is 4.65. The molecule has 0 bridgehead atoms. The van der Waals surface area contributed by atoms with Gasteiger partial charge in [0.25, 0.3) is 5.56 Å². The van der Waals surface area contributed by atoms with Crippen LogP contribution >= 0.6 is 22.9 Å². The number of fused-ring (bicyclic) bond motifs is 2. The van der Waals surface area contributed by atoms with Gasteiger partial charge in [-0.25, -0.2) is 9.79 Å². The average Bonchev–Trinajstić information content (AvgIpc) is 3.47. The number of halogens is 1. The summed E-state index contributed by atoms with van der Waals surface area (Å²) in [6, 6.07) is 9.82. The summed E-state index contributed by atoms with van der Waals surface area (Å²) in [5.41, 5.74) is 1.98. The third-order valence-electron chi connectivity index (χ3n) is 6.07. The molecular weight excluding hydrogens is 516 g/mol. The molecule has 0 saturated carbocycles. The fourth-order valence-electron chi connectivity index (χ4n) is 4.49. The van der Waals surface area contributed by atoms with Gasteiger partial charge in [-0.05, 0) is 55.3 Å². The molecule has 192 valence electrons. The van der Waals surface area contributed by atoms with Crippen molar-refractivity contribution in [1.82, 2.24) is 4.57 Å². The quantitative estimate of drug-likeness (QED) is 0.421. The standard InChI is InChI=1S/C27H25ClN2O6S/c1-4-6-18-23(26(32)34-5-2)24(17-13-16(28)8-10-19(17)33-3)30-25(31)22(37-27(30)29-18)12-15-7-9-20-21(11-15)36-14-35-20/h7-13,24H,4-6,14H2,1-3H3/b22-12+/t24-/m1/s1. The first-order valence-electron chi connectivity index (χ1n) is 11.9. The highest BCUT2D eigenvalue weighted by atomic mass is 35.5. The topological polar surface area (TPSA) is 88.4 Å². The fraction of sp³-hybridized carbons (Fsp3) is 0.296. The van der Waals surface area contributed by atoms with Crippen molar-refractivity contribution in [1.29, 1.82) is 0 Å². The second-order valence-electron chi connectivity index (χ2n) is 8.41. The number of carbonyl (C=O) groups excluding carboxylic acids is 1. The molecule has 0 spiro atoms. The van der Waals surface area contributed by atoms with Gasteiger partial charge in [0, 0.05) is 10.6 Å². The van der Waals surface area contributed by atoms with E-state index in [-0.39, 0.29) is 19.0 Å². The molecule has 10 heteroatoms. The maximum Gasteiger partial charge on any atom is 0.338 e. The number of nitrogens with zero attached hydrogens (tertiary/aromatic N) is 2. The number of carbonyl (C=O) groups is 1. The Kier molecular flexibility index (Phi) is 7.08. The van der Waals surface area contributed by atoms with Crippen LogP contribution in [0.5, 0.6) is 17.2 Å². The zero-order valence-corrected chi connectivity index (χ0v) is 22.1. The lowest BCUT2D eigenvalue weighted by atomic mass is 9.93. The van der Waals surface area contributed by atoms with Crippen molar-refractivity contribution in [3.8, 4) is 17.2 Å². The lowest BCUT2D eigenvalue weighted by molar-refractivity contribution is -0.139. The number of hydrogen-bond acceptors (Lipinski definition) is 8. The van der Waals surface area contributed by atoms with Crippen LogP contribution in [0.25, 0.3) is 6.08 Å². The van der Waals surface area contributed by atoms with Crippen molar-refractivity contribution < 1.29 is 23.7 Å². The number of ether oxygens (including phenoxy) is 4. The van der Waals surface area contributed by atoms with E-state index >= 15 is 0 Å². The minimum atomic E-state index is -0.815. The van der Waals surface area contributed by atoms with Crippen LogP contribution in [-0.4, -0.2) is 31.0 Å². The number of rotatable bonds is 7. The molecule has 3 heterocycles. The van der Waals surface area contributed by atoms with E-state index in [0.29, 0.717) is 54.9 Å². The molecule has 1 aromatic heterocycles. The summed E-state index contributed by atoms with van der Waals surface area (Å²) in [7, 11) is 1.54. The van der Waals surface area contributed by atoms with E-state index in [0.717, 1.165) is 12.0 Å². The van der Waals surface area contributed by atoms with E-state index in [1.807, 2.05) is 25.1 Å². The van der Waals surface area contributed by atoms with Crippen LogP contribution in [0.3, 0.4) is 0 Å². The predicted octanol–water partition coefficient (Wildman–Crippen LogP) is 3.97. The molecule has 5 rings (SSSR count). The van der Waals surface area contributed by atoms with E-state index in [1.165, 1.54) is 23.0 Å². The van der Waals surface area contributed by atoms with Gasteiger partial charge in [-0.2, -0.15) is 0 Å². The summed E-state index contributed by atoms with van der Waals surface area (Å²) in [6.45, 7) is 4.11. The lowest BCUT2D eigenvalue weighted by Crippen LogP contribution is -2.40. The molecule has 0 fully saturated rings. The summed E-state index contributed by atoms with van der Waals surface area (Å²) in [6.07, 6.45) is 3.08. The van der Waals surface area contributed by atoms with E-state index in [4.69, 9.17) is 35.5 Å². The van der Waals surface area contributed by atoms with Crippen molar-refractivity contribution in [3.05, 3.63) is 83.5 Å². The number of benzene rings is 2. The number of hydrogen-bond donors (Lipinski definition) is 0. The van der Waals surface area contributed by atoms with Gasteiger partial charge in [0.2, 0.25) is 6.79 Å². The Balaban J connectivity index is 1.77. The highest BCUT2D eigenvalue weighted by Gasteiger charge is 2.36. The summed E-state index contributed by atoms with van der Waals surface area (Å²) in [5.74, 6) is 1.26. The molecule has 1 atom stereocenters. The summed E-state index contributed by atoms with van der Waals surface area (Å²) in [5, 5.41) is 0.454. The molecule has 2 aliphatic heterocycles. The molecule has 8 nitrogen and oxygen atoms in total. The van der Waals surface area contributed by atoms with Gasteiger partial charge >= 0.3 is 5.97 Å². The van der Waals surface area contributed by atoms with Crippen molar-refractivity contribution >= 4 is 35.0 Å². The summed E-state index contributed by atoms with van der Waals surface area (Å²) < 4.78 is 23.9. The Hall–Kier alpha value is -3.56. The molecule has 0 saturated heterocycles. The Morgan fingerprint density at radius 3 is 2.78 bits per heavy atom. The van der Waals surface area contributed by atoms with Crippen molar-refractivity contribution in [3.63, 3.8) is 0 Å². The average molecular weight is 541 g/mol. The maximum absolute atomic E-state index is 13.9. The first-order chi connectivity index (χ1) is 17.9. The van der Waals surface area contributed by atoms with Crippen LogP contribution in [0, 0.1) is 0 Å². The Morgan fingerprint density at radius 1 is 1.22 bits per heavy atom. The minimum Gasteiger partial charge on any atom is -0.496 e. The molecule has 0 amide bonds. The van der Waals surface area contributed by atoms with Crippen LogP contribution in [0.2, 0.25) is 5.02 Å². The van der Waals surface area contributed by atoms with Gasteiger partial charge < -0.3 is 18.9 Å². The van der Waals surface area contributed by atoms with Gasteiger partial charge in [-0.3, -0.25) is 9.36 Å². The number of esters is 1. The molecule has 0 radical (unpaired) electrons. The number of methoxy groups -OCH3 is 1. The first kappa shape index (κ1) is 25.1. The van der Waals surface area contributed by atoms with E-state index in [2.05, 4.69) is 0 Å².